The topological polar surface area (TPSA) is 16.4 Å². The first-order valence-corrected chi connectivity index (χ1v) is 18.8. The number of benzene rings is 9. The molecule has 11 rings (SSSR count). The molecule has 0 aliphatic rings. The maximum atomic E-state index is 6.26. The molecule has 9 aromatic carbocycles. The summed E-state index contributed by atoms with van der Waals surface area (Å²) in [4.78, 5) is 2.38. The SMILES string of the molecule is c1ccc(-c2ccccc2-c2ccc(N(c3ccc4ccc5cc6sc7ccccc7c6cc5c4c3)c3ccc4oc5ccccc5c4c3)cc2)cc1. The highest BCUT2D eigenvalue weighted by Gasteiger charge is 2.18. The van der Waals surface area contributed by atoms with Crippen LogP contribution in [0.3, 0.4) is 0 Å². The minimum absolute atomic E-state index is 0.888. The van der Waals surface area contributed by atoms with E-state index >= 15 is 0 Å². The van der Waals surface area contributed by atoms with Crippen molar-refractivity contribution < 1.29 is 4.42 Å². The number of furan rings is 1. The zero-order valence-electron chi connectivity index (χ0n) is 28.7. The van der Waals surface area contributed by atoms with Gasteiger partial charge in [0.05, 0.1) is 0 Å². The van der Waals surface area contributed by atoms with Gasteiger partial charge in [-0.25, -0.2) is 0 Å². The first-order chi connectivity index (χ1) is 26.2. The smallest absolute Gasteiger partial charge is 0.135 e. The number of thiophene rings is 1. The van der Waals surface area contributed by atoms with E-state index in [4.69, 9.17) is 4.42 Å². The minimum Gasteiger partial charge on any atom is -0.456 e. The van der Waals surface area contributed by atoms with E-state index in [0.717, 1.165) is 39.0 Å². The second-order valence-electron chi connectivity index (χ2n) is 13.7. The molecule has 248 valence electrons. The number of rotatable bonds is 5. The molecule has 0 N–H and O–H groups in total. The predicted molar refractivity (Wildman–Crippen MR) is 227 cm³/mol. The molecule has 0 amide bonds. The maximum Gasteiger partial charge on any atom is 0.135 e. The average Bonchev–Trinajstić information content (AvgIpc) is 3.78. The first-order valence-electron chi connectivity index (χ1n) is 18.0. The van der Waals surface area contributed by atoms with E-state index in [2.05, 4.69) is 181 Å². The van der Waals surface area contributed by atoms with Gasteiger partial charge in [0, 0.05) is 48.0 Å². The van der Waals surface area contributed by atoms with Crippen LogP contribution in [0.5, 0.6) is 0 Å². The Hall–Kier alpha value is -6.68. The van der Waals surface area contributed by atoms with Crippen LogP contribution >= 0.6 is 11.3 Å². The summed E-state index contributed by atoms with van der Waals surface area (Å²) < 4.78 is 8.91. The standard InChI is InChI=1S/C50H31NOS/c1-2-10-32(11-3-1)39-12-4-5-13-40(39)33-20-23-36(24-21-33)51(38-26-27-48-45(30-38)41-14-6-8-16-47(41)52-48)37-25-22-34-18-19-35-28-50-46(31-44(35)43(34)29-37)42-15-7-9-17-49(42)53-50/h1-31H. The summed E-state index contributed by atoms with van der Waals surface area (Å²) >= 11 is 1.87. The highest BCUT2D eigenvalue weighted by atomic mass is 32.1. The van der Waals surface area contributed by atoms with E-state index in [1.807, 2.05) is 23.5 Å². The Morgan fingerprint density at radius 1 is 0.340 bits per heavy atom. The van der Waals surface area contributed by atoms with Gasteiger partial charge in [-0.1, -0.05) is 121 Å². The third-order valence-electron chi connectivity index (χ3n) is 10.6. The van der Waals surface area contributed by atoms with Crippen molar-refractivity contribution in [3.8, 4) is 22.3 Å². The maximum absolute atomic E-state index is 6.26. The number of para-hydroxylation sites is 1. The third kappa shape index (κ3) is 4.93. The third-order valence-corrected chi connectivity index (χ3v) is 11.8. The van der Waals surface area contributed by atoms with Crippen molar-refractivity contribution in [3.05, 3.63) is 188 Å². The van der Waals surface area contributed by atoms with Gasteiger partial charge in [0.15, 0.2) is 0 Å². The van der Waals surface area contributed by atoms with Crippen LogP contribution in [0.25, 0.3) is 85.9 Å². The fraction of sp³-hybridized carbons (Fsp3) is 0. The second-order valence-corrected chi connectivity index (χ2v) is 14.8. The van der Waals surface area contributed by atoms with Gasteiger partial charge in [-0.3, -0.25) is 0 Å². The van der Waals surface area contributed by atoms with Gasteiger partial charge in [0.2, 0.25) is 0 Å². The summed E-state index contributed by atoms with van der Waals surface area (Å²) in [5.41, 5.74) is 9.89. The van der Waals surface area contributed by atoms with Crippen molar-refractivity contribution in [2.45, 2.75) is 0 Å². The Labute approximate surface area is 310 Å². The molecule has 53 heavy (non-hydrogen) atoms. The van der Waals surface area contributed by atoms with Crippen LogP contribution in [0, 0.1) is 0 Å². The van der Waals surface area contributed by atoms with Crippen LogP contribution in [0.15, 0.2) is 192 Å². The Kier molecular flexibility index (Phi) is 6.76. The van der Waals surface area contributed by atoms with Crippen LogP contribution in [-0.4, -0.2) is 0 Å². The van der Waals surface area contributed by atoms with E-state index in [1.165, 1.54) is 64.0 Å². The van der Waals surface area contributed by atoms with Crippen molar-refractivity contribution in [1.29, 1.82) is 0 Å². The Morgan fingerprint density at radius 2 is 0.925 bits per heavy atom. The van der Waals surface area contributed by atoms with E-state index < -0.39 is 0 Å². The minimum atomic E-state index is 0.888. The molecule has 11 aromatic rings. The number of hydrogen-bond donors (Lipinski definition) is 0. The van der Waals surface area contributed by atoms with Gasteiger partial charge in [-0.05, 0) is 111 Å². The molecular formula is C50H31NOS. The molecule has 2 heterocycles. The molecule has 0 saturated carbocycles. The van der Waals surface area contributed by atoms with Gasteiger partial charge in [0.25, 0.3) is 0 Å². The van der Waals surface area contributed by atoms with Crippen LogP contribution < -0.4 is 4.90 Å². The lowest BCUT2D eigenvalue weighted by Gasteiger charge is -2.26. The largest absolute Gasteiger partial charge is 0.456 e. The van der Waals surface area contributed by atoms with Crippen LogP contribution in [0.2, 0.25) is 0 Å². The van der Waals surface area contributed by atoms with Gasteiger partial charge in [-0.2, -0.15) is 0 Å². The predicted octanol–water partition coefficient (Wildman–Crippen LogP) is 15.1. The van der Waals surface area contributed by atoms with Crippen molar-refractivity contribution >= 4 is 92.1 Å². The molecule has 0 fully saturated rings. The van der Waals surface area contributed by atoms with Gasteiger partial charge in [-0.15, -0.1) is 11.3 Å². The van der Waals surface area contributed by atoms with Gasteiger partial charge < -0.3 is 9.32 Å². The molecule has 0 aliphatic carbocycles. The monoisotopic (exact) mass is 693 g/mol. The fourth-order valence-corrected chi connectivity index (χ4v) is 9.23. The summed E-state index contributed by atoms with van der Waals surface area (Å²) in [5, 5.41) is 9.85. The zero-order chi connectivity index (χ0) is 34.9. The fourth-order valence-electron chi connectivity index (χ4n) is 8.09. The normalized spacial score (nSPS) is 11.8. The quantitative estimate of drug-likeness (QED) is 0.167. The summed E-state index contributed by atoms with van der Waals surface area (Å²) in [5.74, 6) is 0. The lowest BCUT2D eigenvalue weighted by molar-refractivity contribution is 0.669. The second kappa shape index (κ2) is 11.9. The molecule has 0 unspecified atom stereocenters. The molecule has 0 spiro atoms. The lowest BCUT2D eigenvalue weighted by atomic mass is 9.94. The first kappa shape index (κ1) is 30.0. The Balaban J connectivity index is 1.11. The van der Waals surface area contributed by atoms with Crippen molar-refractivity contribution in [1.82, 2.24) is 0 Å². The molecule has 2 aromatic heterocycles. The highest BCUT2D eigenvalue weighted by Crippen LogP contribution is 2.43. The van der Waals surface area contributed by atoms with Crippen molar-refractivity contribution in [3.63, 3.8) is 0 Å². The van der Waals surface area contributed by atoms with Crippen molar-refractivity contribution in [2.24, 2.45) is 0 Å². The van der Waals surface area contributed by atoms with E-state index in [-0.39, 0.29) is 0 Å². The van der Waals surface area contributed by atoms with Crippen LogP contribution in [0.1, 0.15) is 0 Å². The molecule has 2 nitrogen and oxygen atoms in total. The number of nitrogens with zero attached hydrogens (tertiary/aromatic N) is 1. The highest BCUT2D eigenvalue weighted by molar-refractivity contribution is 7.25. The molecule has 0 aliphatic heterocycles. The Bertz CT molecular complexity index is 3170. The summed E-state index contributed by atoms with van der Waals surface area (Å²) in [7, 11) is 0. The lowest BCUT2D eigenvalue weighted by Crippen LogP contribution is -2.09. The Morgan fingerprint density at radius 3 is 1.75 bits per heavy atom. The molecule has 3 heteroatoms. The van der Waals surface area contributed by atoms with E-state index in [1.54, 1.807) is 0 Å². The van der Waals surface area contributed by atoms with Gasteiger partial charge >= 0.3 is 0 Å². The number of anilines is 3. The van der Waals surface area contributed by atoms with E-state index in [9.17, 15) is 0 Å². The molecule has 0 atom stereocenters. The zero-order valence-corrected chi connectivity index (χ0v) is 29.5. The number of hydrogen-bond acceptors (Lipinski definition) is 3. The number of fused-ring (bicyclic) bond motifs is 9. The van der Waals surface area contributed by atoms with Crippen LogP contribution in [0.4, 0.5) is 17.1 Å². The van der Waals surface area contributed by atoms with E-state index in [0.29, 0.717) is 0 Å². The summed E-state index contributed by atoms with van der Waals surface area (Å²) in [6, 6.07) is 68.1. The molecular weight excluding hydrogens is 663 g/mol. The average molecular weight is 694 g/mol. The molecule has 0 bridgehead atoms. The van der Waals surface area contributed by atoms with Gasteiger partial charge in [0.1, 0.15) is 11.2 Å². The molecule has 0 saturated heterocycles. The summed E-state index contributed by atoms with van der Waals surface area (Å²) in [6.07, 6.45) is 0. The van der Waals surface area contributed by atoms with Crippen LogP contribution in [-0.2, 0) is 0 Å². The summed E-state index contributed by atoms with van der Waals surface area (Å²) in [6.45, 7) is 0. The molecule has 0 radical (unpaired) electrons. The van der Waals surface area contributed by atoms with Crippen molar-refractivity contribution in [2.75, 3.05) is 4.90 Å².